The molecule has 1 aromatic carbocycles. The van der Waals surface area contributed by atoms with Crippen LogP contribution < -0.4 is 11.1 Å². The van der Waals surface area contributed by atoms with Gasteiger partial charge in [-0.25, -0.2) is 0 Å². The van der Waals surface area contributed by atoms with Crippen molar-refractivity contribution in [3.8, 4) is 0 Å². The topological polar surface area (TPSA) is 79.9 Å². The number of ether oxygens (including phenoxy) is 1. The molecule has 0 radical (unpaired) electrons. The summed E-state index contributed by atoms with van der Waals surface area (Å²) >= 11 is 0. The average molecular weight is 265 g/mol. The van der Waals surface area contributed by atoms with Crippen LogP contribution >= 0.6 is 0 Å². The van der Waals surface area contributed by atoms with Crippen molar-refractivity contribution in [3.63, 3.8) is 0 Å². The maximum absolute atomic E-state index is 8.59. The molecule has 0 aliphatic rings. The second-order valence-electron chi connectivity index (χ2n) is 4.50. The van der Waals surface area contributed by atoms with E-state index in [9.17, 15) is 0 Å². The lowest BCUT2D eigenvalue weighted by atomic mass is 10.1. The largest absolute Gasteiger partial charge is 0.409 e. The number of nitrogens with zero attached hydrogens (tertiary/aromatic N) is 1. The van der Waals surface area contributed by atoms with E-state index in [1.54, 1.807) is 7.11 Å². The minimum Gasteiger partial charge on any atom is -0.409 e. The molecule has 0 aliphatic carbocycles. The standard InChI is InChI=1S/C14H23N3O2/c1-3-4-13(10-19-2)16-9-11-5-7-12(8-6-11)14(15)17-18/h5-8,13,16,18H,3-4,9-10H2,1-2H3,(H2,15,17). The van der Waals surface area contributed by atoms with E-state index in [1.807, 2.05) is 24.3 Å². The minimum absolute atomic E-state index is 0.128. The average Bonchev–Trinajstić information content (AvgIpc) is 2.45. The Bertz CT molecular complexity index is 384. The lowest BCUT2D eigenvalue weighted by Crippen LogP contribution is -2.32. The Morgan fingerprint density at radius 3 is 2.63 bits per heavy atom. The monoisotopic (exact) mass is 265 g/mol. The van der Waals surface area contributed by atoms with E-state index in [0.29, 0.717) is 11.6 Å². The van der Waals surface area contributed by atoms with Crippen LogP contribution in [0.15, 0.2) is 29.4 Å². The second kappa shape index (κ2) is 8.50. The van der Waals surface area contributed by atoms with Crippen LogP contribution in [-0.4, -0.2) is 30.8 Å². The number of nitrogens with two attached hydrogens (primary N) is 1. The summed E-state index contributed by atoms with van der Waals surface area (Å²) < 4.78 is 5.19. The molecule has 0 aromatic heterocycles. The van der Waals surface area contributed by atoms with Crippen molar-refractivity contribution in [2.75, 3.05) is 13.7 Å². The Morgan fingerprint density at radius 1 is 1.42 bits per heavy atom. The highest BCUT2D eigenvalue weighted by molar-refractivity contribution is 5.96. The van der Waals surface area contributed by atoms with E-state index >= 15 is 0 Å². The van der Waals surface area contributed by atoms with Crippen LogP contribution in [0.25, 0.3) is 0 Å². The zero-order valence-corrected chi connectivity index (χ0v) is 11.6. The smallest absolute Gasteiger partial charge is 0.170 e. The molecule has 0 heterocycles. The molecule has 0 bridgehead atoms. The molecule has 0 amide bonds. The summed E-state index contributed by atoms with van der Waals surface area (Å²) in [6.45, 7) is 3.66. The van der Waals surface area contributed by atoms with Gasteiger partial charge < -0.3 is 21.0 Å². The van der Waals surface area contributed by atoms with Crippen molar-refractivity contribution in [1.29, 1.82) is 0 Å². The normalized spacial score (nSPS) is 13.5. The van der Waals surface area contributed by atoms with Gasteiger partial charge in [0.1, 0.15) is 0 Å². The molecule has 0 saturated heterocycles. The third kappa shape index (κ3) is 5.28. The molecule has 5 nitrogen and oxygen atoms in total. The Balaban J connectivity index is 2.53. The van der Waals surface area contributed by atoms with Crippen LogP contribution in [0.4, 0.5) is 0 Å². The molecule has 4 N–H and O–H groups in total. The molecule has 1 rings (SSSR count). The molecule has 0 fully saturated rings. The molecule has 5 heteroatoms. The molecule has 0 aliphatic heterocycles. The van der Waals surface area contributed by atoms with E-state index in [2.05, 4.69) is 17.4 Å². The summed E-state index contributed by atoms with van der Waals surface area (Å²) in [5.74, 6) is 0.128. The van der Waals surface area contributed by atoms with Gasteiger partial charge in [-0.05, 0) is 12.0 Å². The summed E-state index contributed by atoms with van der Waals surface area (Å²) in [5, 5.41) is 15.0. The second-order valence-corrected chi connectivity index (χ2v) is 4.50. The molecule has 1 atom stereocenters. The highest BCUT2D eigenvalue weighted by Gasteiger charge is 2.06. The number of nitrogens with one attached hydrogen (secondary N) is 1. The van der Waals surface area contributed by atoms with Gasteiger partial charge in [0.15, 0.2) is 5.84 Å². The molecule has 19 heavy (non-hydrogen) atoms. The Hall–Kier alpha value is -1.59. The van der Waals surface area contributed by atoms with Crippen LogP contribution in [0, 0.1) is 0 Å². The first-order valence-electron chi connectivity index (χ1n) is 6.50. The van der Waals surface area contributed by atoms with E-state index in [4.69, 9.17) is 15.7 Å². The van der Waals surface area contributed by atoms with Gasteiger partial charge in [-0.3, -0.25) is 0 Å². The predicted molar refractivity (Wildman–Crippen MR) is 76.4 cm³/mol. The first-order chi connectivity index (χ1) is 9.21. The summed E-state index contributed by atoms with van der Waals surface area (Å²) in [7, 11) is 1.72. The maximum Gasteiger partial charge on any atom is 0.170 e. The fraction of sp³-hybridized carbons (Fsp3) is 0.500. The summed E-state index contributed by atoms with van der Waals surface area (Å²) in [5.41, 5.74) is 7.39. The van der Waals surface area contributed by atoms with E-state index in [0.717, 1.165) is 31.6 Å². The Morgan fingerprint density at radius 2 is 2.11 bits per heavy atom. The number of amidine groups is 1. The van der Waals surface area contributed by atoms with Crippen molar-refractivity contribution in [2.24, 2.45) is 10.9 Å². The van der Waals surface area contributed by atoms with Crippen molar-refractivity contribution in [1.82, 2.24) is 5.32 Å². The number of rotatable bonds is 8. The van der Waals surface area contributed by atoms with Gasteiger partial charge in [-0.2, -0.15) is 0 Å². The Labute approximate surface area is 114 Å². The number of hydrogen-bond donors (Lipinski definition) is 3. The van der Waals surface area contributed by atoms with Gasteiger partial charge in [0.25, 0.3) is 0 Å². The number of oxime groups is 1. The van der Waals surface area contributed by atoms with E-state index < -0.39 is 0 Å². The van der Waals surface area contributed by atoms with Crippen LogP contribution in [0.1, 0.15) is 30.9 Å². The molecular weight excluding hydrogens is 242 g/mol. The fourth-order valence-corrected chi connectivity index (χ4v) is 1.91. The zero-order chi connectivity index (χ0) is 14.1. The van der Waals surface area contributed by atoms with Gasteiger partial charge in [-0.15, -0.1) is 0 Å². The van der Waals surface area contributed by atoms with Crippen LogP contribution in [0.2, 0.25) is 0 Å². The number of benzene rings is 1. The van der Waals surface area contributed by atoms with Gasteiger partial charge in [0, 0.05) is 25.3 Å². The van der Waals surface area contributed by atoms with E-state index in [-0.39, 0.29) is 5.84 Å². The number of methoxy groups -OCH3 is 1. The van der Waals surface area contributed by atoms with Gasteiger partial charge in [-0.1, -0.05) is 42.8 Å². The fourth-order valence-electron chi connectivity index (χ4n) is 1.91. The van der Waals surface area contributed by atoms with Crippen molar-refractivity contribution in [3.05, 3.63) is 35.4 Å². The van der Waals surface area contributed by atoms with Crippen LogP contribution in [0.3, 0.4) is 0 Å². The lowest BCUT2D eigenvalue weighted by Gasteiger charge is -2.17. The molecule has 1 aromatic rings. The third-order valence-electron chi connectivity index (χ3n) is 2.96. The SMILES string of the molecule is CCCC(COC)NCc1ccc(C(N)=NO)cc1. The first-order valence-corrected chi connectivity index (χ1v) is 6.50. The van der Waals surface area contributed by atoms with E-state index in [1.165, 1.54) is 0 Å². The molecular formula is C14H23N3O2. The quantitative estimate of drug-likeness (QED) is 0.289. The van der Waals surface area contributed by atoms with Crippen molar-refractivity contribution < 1.29 is 9.94 Å². The van der Waals surface area contributed by atoms with Gasteiger partial charge >= 0.3 is 0 Å². The Kier molecular flexibility index (Phi) is 6.92. The third-order valence-corrected chi connectivity index (χ3v) is 2.96. The molecule has 0 saturated carbocycles. The molecule has 106 valence electrons. The van der Waals surface area contributed by atoms with Crippen LogP contribution in [0.5, 0.6) is 0 Å². The molecule has 0 spiro atoms. The predicted octanol–water partition coefficient (Wildman–Crippen LogP) is 1.69. The molecule has 1 unspecified atom stereocenters. The maximum atomic E-state index is 8.59. The van der Waals surface area contributed by atoms with Crippen LogP contribution in [-0.2, 0) is 11.3 Å². The highest BCUT2D eigenvalue weighted by Crippen LogP contribution is 2.05. The number of hydrogen-bond acceptors (Lipinski definition) is 4. The summed E-state index contributed by atoms with van der Waals surface area (Å²) in [6.07, 6.45) is 2.22. The lowest BCUT2D eigenvalue weighted by molar-refractivity contribution is 0.161. The van der Waals surface area contributed by atoms with Crippen molar-refractivity contribution in [2.45, 2.75) is 32.4 Å². The first kappa shape index (κ1) is 15.5. The van der Waals surface area contributed by atoms with Gasteiger partial charge in [0.2, 0.25) is 0 Å². The minimum atomic E-state index is 0.128. The highest BCUT2D eigenvalue weighted by atomic mass is 16.5. The summed E-state index contributed by atoms with van der Waals surface area (Å²) in [6, 6.07) is 8.00. The zero-order valence-electron chi connectivity index (χ0n) is 11.6. The summed E-state index contributed by atoms with van der Waals surface area (Å²) in [4.78, 5) is 0. The van der Waals surface area contributed by atoms with Crippen molar-refractivity contribution >= 4 is 5.84 Å². The van der Waals surface area contributed by atoms with Gasteiger partial charge in [0.05, 0.1) is 6.61 Å².